The van der Waals surface area contributed by atoms with E-state index >= 15 is 0 Å². The first-order chi connectivity index (χ1) is 20.0. The lowest BCUT2D eigenvalue weighted by Crippen LogP contribution is -2.39. The van der Waals surface area contributed by atoms with Crippen LogP contribution < -0.4 is 14.8 Å². The van der Waals surface area contributed by atoms with Crippen molar-refractivity contribution in [3.63, 3.8) is 0 Å². The number of carboxylic acid groups (broad SMARTS) is 1. The molecule has 8 nitrogen and oxygen atoms in total. The van der Waals surface area contributed by atoms with E-state index in [1.807, 2.05) is 0 Å². The molecule has 2 amide bonds. The van der Waals surface area contributed by atoms with Crippen LogP contribution in [-0.2, 0) is 16.0 Å². The quantitative estimate of drug-likeness (QED) is 0.155. The predicted octanol–water partition coefficient (Wildman–Crippen LogP) is 6.90. The molecule has 0 heterocycles. The molecule has 0 aliphatic heterocycles. The number of rotatable bonds is 16. The Morgan fingerprint density at radius 1 is 0.930 bits per heavy atom. The lowest BCUT2D eigenvalue weighted by molar-refractivity contribution is -0.284. The zero-order chi connectivity index (χ0) is 32.3. The summed E-state index contributed by atoms with van der Waals surface area (Å²) >= 11 is 0. The van der Waals surface area contributed by atoms with Gasteiger partial charge in [0.15, 0.2) is 11.9 Å². The van der Waals surface area contributed by atoms with E-state index in [-0.39, 0.29) is 44.8 Å². The van der Waals surface area contributed by atoms with Crippen LogP contribution in [0.3, 0.4) is 0 Å². The number of nitrogens with zero attached hydrogens (tertiary/aromatic N) is 1. The van der Waals surface area contributed by atoms with Crippen LogP contribution in [0, 0.1) is 0 Å². The molecule has 0 aliphatic carbocycles. The monoisotopic (exact) mass is 630 g/mol. The second-order valence-electron chi connectivity index (χ2n) is 9.10. The molecule has 0 fully saturated rings. The molecule has 240 valence electrons. The van der Waals surface area contributed by atoms with Crippen molar-refractivity contribution < 1.29 is 64.0 Å². The number of para-hydroxylation sites is 2. The Hall–Kier alpha value is -3.82. The highest BCUT2D eigenvalue weighted by Crippen LogP contribution is 2.39. The van der Waals surface area contributed by atoms with Gasteiger partial charge in [-0.25, -0.2) is 9.59 Å². The molecule has 43 heavy (non-hydrogen) atoms. The molecule has 1 atom stereocenters. The molecule has 2 aromatic rings. The zero-order valence-electron chi connectivity index (χ0n) is 22.8. The fourth-order valence-electron chi connectivity index (χ4n) is 3.71. The molecular weight excluding hydrogens is 600 g/mol. The minimum atomic E-state index is -5.73. The fraction of sp³-hybridized carbons (Fsp3) is 0.481. The zero-order valence-corrected chi connectivity index (χ0v) is 22.8. The van der Waals surface area contributed by atoms with Crippen LogP contribution in [0.5, 0.6) is 11.5 Å². The number of carboxylic acids is 1. The van der Waals surface area contributed by atoms with Crippen molar-refractivity contribution in [1.29, 1.82) is 0 Å². The maximum atomic E-state index is 13.3. The summed E-state index contributed by atoms with van der Waals surface area (Å²) in [5.41, 5.74) is 0.270. The molecule has 0 aliphatic rings. The minimum absolute atomic E-state index is 0.0876. The SMILES string of the molecule is CCOC(Cc1ccc(OCCN(CCCCC(F)(F)C(F)(F)F)C(=O)Nc2ccccc2OC(F)(F)F)cc1)C(=O)O. The summed E-state index contributed by atoms with van der Waals surface area (Å²) in [6.45, 7) is 1.12. The number of aliphatic carboxylic acids is 1. The number of urea groups is 1. The molecule has 2 aromatic carbocycles. The average Bonchev–Trinajstić information content (AvgIpc) is 2.90. The first kappa shape index (κ1) is 35.4. The van der Waals surface area contributed by atoms with E-state index in [9.17, 15) is 49.8 Å². The summed E-state index contributed by atoms with van der Waals surface area (Å²) < 4.78 is 117. The number of unbranched alkanes of at least 4 members (excludes halogenated alkanes) is 1. The van der Waals surface area contributed by atoms with Gasteiger partial charge in [0.25, 0.3) is 0 Å². The highest BCUT2D eigenvalue weighted by molar-refractivity contribution is 5.91. The first-order valence-electron chi connectivity index (χ1n) is 12.9. The maximum absolute atomic E-state index is 13.3. The van der Waals surface area contributed by atoms with Gasteiger partial charge in [-0.2, -0.15) is 22.0 Å². The Balaban J connectivity index is 2.06. The normalized spacial score (nSPS) is 12.9. The largest absolute Gasteiger partial charge is 0.573 e. The maximum Gasteiger partial charge on any atom is 0.573 e. The van der Waals surface area contributed by atoms with Gasteiger partial charge in [0.2, 0.25) is 0 Å². The van der Waals surface area contributed by atoms with Crippen LogP contribution in [0.1, 0.15) is 31.7 Å². The lowest BCUT2D eigenvalue weighted by atomic mass is 10.1. The van der Waals surface area contributed by atoms with Gasteiger partial charge in [-0.3, -0.25) is 0 Å². The van der Waals surface area contributed by atoms with Crippen LogP contribution in [0.4, 0.5) is 45.6 Å². The van der Waals surface area contributed by atoms with Crippen molar-refractivity contribution in [1.82, 2.24) is 4.90 Å². The molecule has 0 radical (unpaired) electrons. The van der Waals surface area contributed by atoms with Gasteiger partial charge in [0.05, 0.1) is 12.2 Å². The second kappa shape index (κ2) is 15.6. The molecule has 0 saturated heterocycles. The van der Waals surface area contributed by atoms with Gasteiger partial charge >= 0.3 is 30.5 Å². The molecular formula is C27H30F8N2O6. The van der Waals surface area contributed by atoms with Gasteiger partial charge in [-0.05, 0) is 49.6 Å². The van der Waals surface area contributed by atoms with E-state index in [4.69, 9.17) is 9.47 Å². The average molecular weight is 631 g/mol. The molecule has 0 spiro atoms. The van der Waals surface area contributed by atoms with Crippen LogP contribution in [0.15, 0.2) is 48.5 Å². The number of halogens is 8. The Bertz CT molecular complexity index is 1180. The minimum Gasteiger partial charge on any atom is -0.492 e. The third-order valence-electron chi connectivity index (χ3n) is 5.84. The Morgan fingerprint density at radius 2 is 1.58 bits per heavy atom. The summed E-state index contributed by atoms with van der Waals surface area (Å²) in [7, 11) is 0. The highest BCUT2D eigenvalue weighted by Gasteiger charge is 2.56. The number of ether oxygens (including phenoxy) is 3. The number of anilines is 1. The van der Waals surface area contributed by atoms with Crippen molar-refractivity contribution in [2.75, 3.05) is 31.6 Å². The number of nitrogens with one attached hydrogen (secondary N) is 1. The summed E-state index contributed by atoms with van der Waals surface area (Å²) in [4.78, 5) is 25.2. The smallest absolute Gasteiger partial charge is 0.492 e. The van der Waals surface area contributed by atoms with E-state index in [1.54, 1.807) is 19.1 Å². The number of amides is 2. The fourth-order valence-corrected chi connectivity index (χ4v) is 3.71. The number of alkyl halides is 8. The molecule has 0 aromatic heterocycles. The first-order valence-corrected chi connectivity index (χ1v) is 12.9. The van der Waals surface area contributed by atoms with Crippen molar-refractivity contribution in [3.05, 3.63) is 54.1 Å². The molecule has 0 saturated carbocycles. The highest BCUT2D eigenvalue weighted by atomic mass is 19.4. The van der Waals surface area contributed by atoms with E-state index in [0.29, 0.717) is 11.3 Å². The molecule has 16 heteroatoms. The molecule has 0 bridgehead atoms. The molecule has 2 N–H and O–H groups in total. The Labute approximate surface area is 241 Å². The molecule has 2 rings (SSSR count). The third-order valence-corrected chi connectivity index (χ3v) is 5.84. The van der Waals surface area contributed by atoms with Gasteiger partial charge < -0.3 is 29.5 Å². The topological polar surface area (TPSA) is 97.3 Å². The number of benzene rings is 2. The van der Waals surface area contributed by atoms with Crippen LogP contribution in [0.25, 0.3) is 0 Å². The van der Waals surface area contributed by atoms with Gasteiger partial charge in [-0.1, -0.05) is 24.3 Å². The third kappa shape index (κ3) is 12.1. The van der Waals surface area contributed by atoms with E-state index < -0.39 is 55.2 Å². The van der Waals surface area contributed by atoms with Crippen LogP contribution >= 0.6 is 0 Å². The van der Waals surface area contributed by atoms with Crippen molar-refractivity contribution in [2.24, 2.45) is 0 Å². The van der Waals surface area contributed by atoms with E-state index in [1.165, 1.54) is 24.3 Å². The number of hydrogen-bond acceptors (Lipinski definition) is 5. The van der Waals surface area contributed by atoms with Crippen molar-refractivity contribution in [3.8, 4) is 11.5 Å². The predicted molar refractivity (Wildman–Crippen MR) is 137 cm³/mol. The van der Waals surface area contributed by atoms with Crippen LogP contribution in [0.2, 0.25) is 0 Å². The van der Waals surface area contributed by atoms with Crippen LogP contribution in [-0.4, -0.2) is 72.9 Å². The summed E-state index contributed by atoms with van der Waals surface area (Å²) in [6, 6.07) is 9.88. The van der Waals surface area contributed by atoms with Crippen molar-refractivity contribution in [2.45, 2.75) is 57.2 Å². The van der Waals surface area contributed by atoms with E-state index in [0.717, 1.165) is 17.0 Å². The Morgan fingerprint density at radius 3 is 2.16 bits per heavy atom. The summed E-state index contributed by atoms with van der Waals surface area (Å²) in [5, 5.41) is 11.4. The van der Waals surface area contributed by atoms with Gasteiger partial charge in [-0.15, -0.1) is 13.2 Å². The number of carbonyl (C=O) groups excluding carboxylic acids is 1. The van der Waals surface area contributed by atoms with Crippen molar-refractivity contribution >= 4 is 17.7 Å². The van der Waals surface area contributed by atoms with E-state index in [2.05, 4.69) is 10.1 Å². The second-order valence-corrected chi connectivity index (χ2v) is 9.10. The van der Waals surface area contributed by atoms with Gasteiger partial charge in [0.1, 0.15) is 12.4 Å². The lowest BCUT2D eigenvalue weighted by Gasteiger charge is -2.25. The van der Waals surface area contributed by atoms with Gasteiger partial charge in [0, 0.05) is 26.0 Å². The number of hydrogen-bond donors (Lipinski definition) is 2. The standard InChI is InChI=1S/C27H30F8N2O6/c1-2-41-22(23(38)39)17-18-9-11-19(12-10-18)42-16-15-37(14-6-5-13-25(28,29)26(30,31)32)24(40)36-20-7-3-4-8-21(20)43-27(33,34)35/h3-4,7-12,22H,2,5-6,13-17H2,1H3,(H,36,40)(H,38,39). The number of carbonyl (C=O) groups is 2. The Kier molecular flexibility index (Phi) is 12.8. The summed E-state index contributed by atoms with van der Waals surface area (Å²) in [6.07, 6.45) is -14.2. The molecule has 1 unspecified atom stereocenters. The summed E-state index contributed by atoms with van der Waals surface area (Å²) in [5.74, 6) is -6.47.